The molecule has 0 radical (unpaired) electrons. The highest BCUT2D eigenvalue weighted by Gasteiger charge is 2.35. The molecule has 0 aromatic carbocycles. The summed E-state index contributed by atoms with van der Waals surface area (Å²) in [4.78, 5) is 12.2. The first-order chi connectivity index (χ1) is 10.2. The van der Waals surface area contributed by atoms with E-state index in [4.69, 9.17) is 14.5 Å². The predicted molar refractivity (Wildman–Crippen MR) is 77.5 cm³/mol. The molecule has 0 atom stereocenters. The van der Waals surface area contributed by atoms with Gasteiger partial charge in [-0.3, -0.25) is 0 Å². The molecule has 0 bridgehead atoms. The van der Waals surface area contributed by atoms with Gasteiger partial charge in [-0.1, -0.05) is 5.16 Å². The number of aromatic nitrogens is 1. The van der Waals surface area contributed by atoms with Gasteiger partial charge in [0, 0.05) is 11.8 Å². The average Bonchev–Trinajstić information content (AvgIpc) is 3.28. The number of nitriles is 1. The molecule has 3 rings (SSSR count). The van der Waals surface area contributed by atoms with Crippen molar-refractivity contribution in [3.8, 4) is 6.07 Å². The number of carbonyl (C=O) groups excluding carboxylic acids is 1. The predicted octanol–water partition coefficient (Wildman–Crippen LogP) is 3.80. The summed E-state index contributed by atoms with van der Waals surface area (Å²) in [5, 5.41) is 12.7. The smallest absolute Gasteiger partial charge is 0.344 e. The SMILES string of the molecule is N#CC1CCC(COC(=O)c2c(Br)noc2C2CC2)CC1. The molecule has 112 valence electrons. The summed E-state index contributed by atoms with van der Waals surface area (Å²) in [5.41, 5.74) is 0.447. The van der Waals surface area contributed by atoms with Crippen LogP contribution in [0.5, 0.6) is 0 Å². The Morgan fingerprint density at radius 3 is 2.67 bits per heavy atom. The van der Waals surface area contributed by atoms with E-state index in [0.29, 0.717) is 34.4 Å². The van der Waals surface area contributed by atoms with Crippen LogP contribution in [-0.4, -0.2) is 17.7 Å². The van der Waals surface area contributed by atoms with Crippen molar-refractivity contribution in [2.45, 2.75) is 44.4 Å². The van der Waals surface area contributed by atoms with E-state index in [2.05, 4.69) is 27.2 Å². The van der Waals surface area contributed by atoms with Crippen molar-refractivity contribution in [3.05, 3.63) is 15.9 Å². The summed E-state index contributed by atoms with van der Waals surface area (Å²) < 4.78 is 11.1. The van der Waals surface area contributed by atoms with E-state index in [9.17, 15) is 4.79 Å². The lowest BCUT2D eigenvalue weighted by Gasteiger charge is -2.24. The monoisotopic (exact) mass is 352 g/mol. The second-order valence-corrected chi connectivity index (χ2v) is 6.68. The quantitative estimate of drug-likeness (QED) is 0.770. The number of ether oxygens (including phenoxy) is 1. The Labute approximate surface area is 131 Å². The molecule has 6 heteroatoms. The van der Waals surface area contributed by atoms with Crippen LogP contribution >= 0.6 is 15.9 Å². The highest BCUT2D eigenvalue weighted by Crippen LogP contribution is 2.43. The highest BCUT2D eigenvalue weighted by atomic mass is 79.9. The second-order valence-electron chi connectivity index (χ2n) is 5.93. The summed E-state index contributed by atoms with van der Waals surface area (Å²) in [7, 11) is 0. The maximum atomic E-state index is 12.2. The lowest BCUT2D eigenvalue weighted by molar-refractivity contribution is 0.0399. The van der Waals surface area contributed by atoms with Gasteiger partial charge in [0.15, 0.2) is 10.4 Å². The second kappa shape index (κ2) is 6.18. The largest absolute Gasteiger partial charge is 0.462 e. The van der Waals surface area contributed by atoms with Crippen molar-refractivity contribution in [1.82, 2.24) is 5.16 Å². The van der Waals surface area contributed by atoms with E-state index in [1.807, 2.05) is 0 Å². The summed E-state index contributed by atoms with van der Waals surface area (Å²) >= 11 is 3.26. The molecular formula is C15H17BrN2O3. The molecule has 21 heavy (non-hydrogen) atoms. The summed E-state index contributed by atoms with van der Waals surface area (Å²) in [5.74, 6) is 1.15. The zero-order valence-corrected chi connectivity index (χ0v) is 13.3. The fourth-order valence-corrected chi connectivity index (χ4v) is 3.24. The molecule has 0 N–H and O–H groups in total. The minimum absolute atomic E-state index is 0.172. The molecule has 0 unspecified atom stereocenters. The molecule has 2 saturated carbocycles. The van der Waals surface area contributed by atoms with Crippen LogP contribution in [-0.2, 0) is 4.74 Å². The van der Waals surface area contributed by atoms with E-state index in [1.165, 1.54) is 0 Å². The van der Waals surface area contributed by atoms with Crippen molar-refractivity contribution in [2.24, 2.45) is 11.8 Å². The molecule has 1 aromatic heterocycles. The van der Waals surface area contributed by atoms with Crippen LogP contribution in [0.25, 0.3) is 0 Å². The van der Waals surface area contributed by atoms with Gasteiger partial charge < -0.3 is 9.26 Å². The molecular weight excluding hydrogens is 336 g/mol. The van der Waals surface area contributed by atoms with Crippen LogP contribution in [0.2, 0.25) is 0 Å². The van der Waals surface area contributed by atoms with E-state index in [-0.39, 0.29) is 11.9 Å². The van der Waals surface area contributed by atoms with E-state index >= 15 is 0 Å². The standard InChI is InChI=1S/C15H17BrN2O3/c16-14-12(13(21-18-14)11-5-6-11)15(19)20-8-10-3-1-9(7-17)2-4-10/h9-11H,1-6,8H2. The van der Waals surface area contributed by atoms with Crippen LogP contribution in [0.1, 0.15) is 60.6 Å². The molecule has 2 aliphatic carbocycles. The Hall–Kier alpha value is -1.35. The Kier molecular flexibility index (Phi) is 4.29. The normalized spacial score (nSPS) is 25.3. The molecule has 0 amide bonds. The zero-order valence-electron chi connectivity index (χ0n) is 11.7. The van der Waals surface area contributed by atoms with Crippen LogP contribution in [0, 0.1) is 23.2 Å². The first-order valence-corrected chi connectivity index (χ1v) is 8.20. The topological polar surface area (TPSA) is 76.1 Å². The van der Waals surface area contributed by atoms with Crippen molar-refractivity contribution in [3.63, 3.8) is 0 Å². The van der Waals surface area contributed by atoms with Crippen LogP contribution in [0.4, 0.5) is 0 Å². The number of rotatable bonds is 4. The molecule has 1 aromatic rings. The van der Waals surface area contributed by atoms with Gasteiger partial charge in [-0.25, -0.2) is 4.79 Å². The van der Waals surface area contributed by atoms with E-state index < -0.39 is 0 Å². The average molecular weight is 353 g/mol. The number of hydrogen-bond acceptors (Lipinski definition) is 5. The molecule has 5 nitrogen and oxygen atoms in total. The van der Waals surface area contributed by atoms with Crippen LogP contribution < -0.4 is 0 Å². The maximum Gasteiger partial charge on any atom is 0.344 e. The summed E-state index contributed by atoms with van der Waals surface area (Å²) in [6, 6.07) is 2.31. The number of hydrogen-bond donors (Lipinski definition) is 0. The summed E-state index contributed by atoms with van der Waals surface area (Å²) in [6.07, 6.45) is 5.80. The molecule has 0 aliphatic heterocycles. The number of halogens is 1. The molecule has 2 fully saturated rings. The number of nitrogens with zero attached hydrogens (tertiary/aromatic N) is 2. The van der Waals surface area contributed by atoms with Crippen molar-refractivity contribution < 1.29 is 14.1 Å². The molecule has 2 aliphatic rings. The molecule has 1 heterocycles. The van der Waals surface area contributed by atoms with E-state index in [0.717, 1.165) is 38.5 Å². The van der Waals surface area contributed by atoms with Gasteiger partial charge in [0.05, 0.1) is 12.7 Å². The minimum atomic E-state index is -0.354. The first-order valence-electron chi connectivity index (χ1n) is 7.40. The fraction of sp³-hybridized carbons (Fsp3) is 0.667. The number of carbonyl (C=O) groups is 1. The fourth-order valence-electron chi connectivity index (χ4n) is 2.82. The lowest BCUT2D eigenvalue weighted by Crippen LogP contribution is -2.20. The van der Waals surface area contributed by atoms with Crippen molar-refractivity contribution in [1.29, 1.82) is 5.26 Å². The minimum Gasteiger partial charge on any atom is -0.462 e. The van der Waals surface area contributed by atoms with E-state index in [1.54, 1.807) is 0 Å². The van der Waals surface area contributed by atoms with Gasteiger partial charge in [-0.05, 0) is 60.4 Å². The lowest BCUT2D eigenvalue weighted by atomic mass is 9.83. The van der Waals surface area contributed by atoms with Crippen LogP contribution in [0.15, 0.2) is 9.13 Å². The summed E-state index contributed by atoms with van der Waals surface area (Å²) in [6.45, 7) is 0.415. The molecule has 0 spiro atoms. The maximum absolute atomic E-state index is 12.2. The van der Waals surface area contributed by atoms with Gasteiger partial charge in [-0.2, -0.15) is 5.26 Å². The van der Waals surface area contributed by atoms with Gasteiger partial charge in [-0.15, -0.1) is 0 Å². The third-order valence-corrected chi connectivity index (χ3v) is 4.85. The third-order valence-electron chi connectivity index (χ3n) is 4.31. The first kappa shape index (κ1) is 14.6. The Balaban J connectivity index is 1.55. The van der Waals surface area contributed by atoms with Crippen LogP contribution in [0.3, 0.4) is 0 Å². The van der Waals surface area contributed by atoms with Gasteiger partial charge in [0.1, 0.15) is 5.56 Å². The van der Waals surface area contributed by atoms with Gasteiger partial charge in [0.2, 0.25) is 0 Å². The van der Waals surface area contributed by atoms with Gasteiger partial charge >= 0.3 is 5.97 Å². The Bertz CT molecular complexity index is 566. The Morgan fingerprint density at radius 2 is 2.05 bits per heavy atom. The van der Waals surface area contributed by atoms with Gasteiger partial charge in [0.25, 0.3) is 0 Å². The van der Waals surface area contributed by atoms with Crippen molar-refractivity contribution in [2.75, 3.05) is 6.61 Å². The highest BCUT2D eigenvalue weighted by molar-refractivity contribution is 9.10. The molecule has 0 saturated heterocycles. The number of esters is 1. The van der Waals surface area contributed by atoms with Crippen molar-refractivity contribution >= 4 is 21.9 Å². The zero-order chi connectivity index (χ0) is 14.8. The Morgan fingerprint density at radius 1 is 1.33 bits per heavy atom. The third kappa shape index (κ3) is 3.29.